The minimum absolute atomic E-state index is 0.124. The van der Waals surface area contributed by atoms with Crippen LogP contribution in [0.1, 0.15) is 57.2 Å². The van der Waals surface area contributed by atoms with Crippen LogP contribution in [0.4, 0.5) is 0 Å². The van der Waals surface area contributed by atoms with Crippen LogP contribution >= 0.6 is 11.3 Å². The number of nitrogens with one attached hydrogen (secondary N) is 1. The van der Waals surface area contributed by atoms with Crippen LogP contribution in [0.5, 0.6) is 0 Å². The molecule has 0 saturated heterocycles. The van der Waals surface area contributed by atoms with Crippen molar-refractivity contribution in [1.82, 2.24) is 10.3 Å². The highest BCUT2D eigenvalue weighted by Gasteiger charge is 2.23. The van der Waals surface area contributed by atoms with Gasteiger partial charge in [0.2, 0.25) is 0 Å². The lowest BCUT2D eigenvalue weighted by molar-refractivity contribution is 0.0902. The fraction of sp³-hybridized carbons (Fsp3) is 0.786. The average Bonchev–Trinajstić information content (AvgIpc) is 2.76. The Hall–Kier alpha value is -0.450. The van der Waals surface area contributed by atoms with Crippen molar-refractivity contribution in [2.24, 2.45) is 0 Å². The summed E-state index contributed by atoms with van der Waals surface area (Å²) in [6.45, 7) is 7.33. The van der Waals surface area contributed by atoms with Gasteiger partial charge in [0.25, 0.3) is 0 Å². The smallest absolute Gasteiger partial charge is 0.107 e. The molecule has 0 aromatic carbocycles. The Morgan fingerprint density at radius 1 is 1.39 bits per heavy atom. The Morgan fingerprint density at radius 3 is 2.72 bits per heavy atom. The van der Waals surface area contributed by atoms with Gasteiger partial charge in [-0.25, -0.2) is 4.98 Å². The van der Waals surface area contributed by atoms with Gasteiger partial charge in [-0.1, -0.05) is 33.6 Å². The van der Waals surface area contributed by atoms with Crippen molar-refractivity contribution >= 4 is 11.3 Å². The lowest BCUT2D eigenvalue weighted by Gasteiger charge is -2.28. The van der Waals surface area contributed by atoms with E-state index in [1.165, 1.54) is 6.42 Å². The molecule has 1 fully saturated rings. The van der Waals surface area contributed by atoms with Gasteiger partial charge in [-0.2, -0.15) is 0 Å². The summed E-state index contributed by atoms with van der Waals surface area (Å²) >= 11 is 1.71. The lowest BCUT2D eigenvalue weighted by atomic mass is 9.92. The maximum Gasteiger partial charge on any atom is 0.107 e. The number of rotatable bonds is 3. The van der Waals surface area contributed by atoms with Gasteiger partial charge in [0.1, 0.15) is 5.01 Å². The van der Waals surface area contributed by atoms with Crippen molar-refractivity contribution in [2.75, 3.05) is 0 Å². The third kappa shape index (κ3) is 3.53. The summed E-state index contributed by atoms with van der Waals surface area (Å²) in [4.78, 5) is 4.67. The monoisotopic (exact) mass is 268 g/mol. The van der Waals surface area contributed by atoms with Crippen LogP contribution in [-0.4, -0.2) is 22.2 Å². The number of aliphatic hydroxyl groups excluding tert-OH is 1. The van der Waals surface area contributed by atoms with Gasteiger partial charge in [-0.15, -0.1) is 11.3 Å². The number of aliphatic hydroxyl groups is 1. The van der Waals surface area contributed by atoms with Crippen LogP contribution in [0.2, 0.25) is 0 Å². The Balaban J connectivity index is 1.88. The average molecular weight is 268 g/mol. The highest BCUT2D eigenvalue weighted by Crippen LogP contribution is 2.24. The van der Waals surface area contributed by atoms with Crippen LogP contribution < -0.4 is 5.32 Å². The van der Waals surface area contributed by atoms with Gasteiger partial charge in [0.15, 0.2) is 0 Å². The Bertz CT molecular complexity index is 383. The molecule has 0 bridgehead atoms. The summed E-state index contributed by atoms with van der Waals surface area (Å²) in [5.41, 5.74) is 1.28. The van der Waals surface area contributed by atoms with Crippen LogP contribution in [0.3, 0.4) is 0 Å². The molecule has 3 nitrogen and oxygen atoms in total. The molecule has 1 aliphatic rings. The Labute approximate surface area is 114 Å². The van der Waals surface area contributed by atoms with Gasteiger partial charge in [0.05, 0.1) is 11.8 Å². The van der Waals surface area contributed by atoms with Crippen molar-refractivity contribution in [1.29, 1.82) is 0 Å². The maximum atomic E-state index is 9.90. The zero-order valence-electron chi connectivity index (χ0n) is 11.6. The van der Waals surface area contributed by atoms with E-state index in [1.807, 2.05) is 0 Å². The molecule has 1 aromatic rings. The fourth-order valence-electron chi connectivity index (χ4n) is 2.30. The fourth-order valence-corrected chi connectivity index (χ4v) is 3.28. The van der Waals surface area contributed by atoms with Crippen LogP contribution in [0, 0.1) is 0 Å². The van der Waals surface area contributed by atoms with E-state index in [1.54, 1.807) is 11.3 Å². The molecule has 0 radical (unpaired) electrons. The van der Waals surface area contributed by atoms with Crippen LogP contribution in [-0.2, 0) is 12.0 Å². The van der Waals surface area contributed by atoms with Crippen molar-refractivity contribution in [3.63, 3.8) is 0 Å². The second-order valence-electron chi connectivity index (χ2n) is 6.22. The first-order valence-corrected chi connectivity index (χ1v) is 7.71. The molecule has 2 unspecified atom stereocenters. The van der Waals surface area contributed by atoms with Crippen LogP contribution in [0.15, 0.2) is 5.38 Å². The zero-order chi connectivity index (χ0) is 13.2. The number of hydrogen-bond acceptors (Lipinski definition) is 4. The predicted molar refractivity (Wildman–Crippen MR) is 75.9 cm³/mol. The molecule has 4 heteroatoms. The van der Waals surface area contributed by atoms with Gasteiger partial charge in [-0.05, 0) is 12.8 Å². The molecule has 0 aliphatic heterocycles. The number of hydrogen-bond donors (Lipinski definition) is 2. The molecule has 1 aliphatic carbocycles. The maximum absolute atomic E-state index is 9.90. The third-order valence-electron chi connectivity index (χ3n) is 3.57. The summed E-state index contributed by atoms with van der Waals surface area (Å²) in [6, 6.07) is 0.251. The highest BCUT2D eigenvalue weighted by atomic mass is 32.1. The summed E-state index contributed by atoms with van der Waals surface area (Å²) in [7, 11) is 0. The van der Waals surface area contributed by atoms with Crippen LogP contribution in [0.25, 0.3) is 0 Å². The van der Waals surface area contributed by atoms with E-state index in [4.69, 9.17) is 0 Å². The first-order chi connectivity index (χ1) is 8.47. The molecule has 18 heavy (non-hydrogen) atoms. The van der Waals surface area contributed by atoms with E-state index in [9.17, 15) is 5.11 Å². The molecule has 2 rings (SSSR count). The number of aromatic nitrogens is 1. The van der Waals surface area contributed by atoms with Crippen molar-refractivity contribution in [2.45, 2.75) is 70.6 Å². The standard InChI is InChI=1S/C14H24N2OS/c1-14(2,3)12-9-18-13(16-12)8-15-10-6-4-5-7-11(10)17/h9-11,15,17H,4-8H2,1-3H3. The summed E-state index contributed by atoms with van der Waals surface area (Å²) in [5.74, 6) is 0. The predicted octanol–water partition coefficient (Wildman–Crippen LogP) is 2.83. The molecule has 2 atom stereocenters. The Morgan fingerprint density at radius 2 is 2.11 bits per heavy atom. The Kier molecular flexibility index (Phi) is 4.41. The van der Waals surface area contributed by atoms with E-state index < -0.39 is 0 Å². The number of nitrogens with zero attached hydrogens (tertiary/aromatic N) is 1. The topological polar surface area (TPSA) is 45.1 Å². The van der Waals surface area contributed by atoms with E-state index >= 15 is 0 Å². The first kappa shape index (κ1) is 14.0. The second-order valence-corrected chi connectivity index (χ2v) is 7.16. The van der Waals surface area contributed by atoms with Crippen molar-refractivity contribution < 1.29 is 5.11 Å². The SMILES string of the molecule is CC(C)(C)c1csc(CNC2CCCCC2O)n1. The largest absolute Gasteiger partial charge is 0.392 e. The second kappa shape index (κ2) is 5.68. The quantitative estimate of drug-likeness (QED) is 0.886. The molecule has 0 amide bonds. The van der Waals surface area contributed by atoms with Gasteiger partial charge in [0, 0.05) is 23.4 Å². The highest BCUT2D eigenvalue weighted by molar-refractivity contribution is 7.09. The normalized spacial score (nSPS) is 25.3. The lowest BCUT2D eigenvalue weighted by Crippen LogP contribution is -2.41. The minimum Gasteiger partial charge on any atom is -0.392 e. The minimum atomic E-state index is -0.180. The van der Waals surface area contributed by atoms with E-state index in [0.29, 0.717) is 0 Å². The molecule has 102 valence electrons. The molecular weight excluding hydrogens is 244 g/mol. The molecule has 2 N–H and O–H groups in total. The summed E-state index contributed by atoms with van der Waals surface area (Å²) in [6.07, 6.45) is 4.22. The van der Waals surface area contributed by atoms with Gasteiger partial charge < -0.3 is 10.4 Å². The molecule has 0 spiro atoms. The molecular formula is C14H24N2OS. The molecule has 1 heterocycles. The molecule has 1 saturated carbocycles. The van der Waals surface area contributed by atoms with Gasteiger partial charge >= 0.3 is 0 Å². The van der Waals surface area contributed by atoms with E-state index in [0.717, 1.165) is 36.5 Å². The summed E-state index contributed by atoms with van der Waals surface area (Å²) in [5, 5.41) is 16.6. The zero-order valence-corrected chi connectivity index (χ0v) is 12.4. The van der Waals surface area contributed by atoms with Gasteiger partial charge in [-0.3, -0.25) is 0 Å². The van der Waals surface area contributed by atoms with E-state index in [2.05, 4.69) is 36.5 Å². The first-order valence-electron chi connectivity index (χ1n) is 6.83. The third-order valence-corrected chi connectivity index (χ3v) is 4.41. The van der Waals surface area contributed by atoms with Crippen molar-refractivity contribution in [3.8, 4) is 0 Å². The van der Waals surface area contributed by atoms with Crippen molar-refractivity contribution in [3.05, 3.63) is 16.1 Å². The molecule has 1 aromatic heterocycles. The summed E-state index contributed by atoms with van der Waals surface area (Å²) < 4.78 is 0. The van der Waals surface area contributed by atoms with E-state index in [-0.39, 0.29) is 17.6 Å². The number of thiazole rings is 1.